The van der Waals surface area contributed by atoms with E-state index in [2.05, 4.69) is 0 Å². The van der Waals surface area contributed by atoms with Gasteiger partial charge in [0, 0.05) is 13.5 Å². The third-order valence-corrected chi connectivity index (χ3v) is 6.74. The summed E-state index contributed by atoms with van der Waals surface area (Å²) in [6.07, 6.45) is -0.805. The smallest absolute Gasteiger partial charge is 0.339 e. The van der Waals surface area contributed by atoms with Gasteiger partial charge in [-0.3, -0.25) is 0 Å². The number of benzene rings is 3. The number of carbonyl (C=O) groups is 1. The molecule has 208 valence electrons. The van der Waals surface area contributed by atoms with Crippen molar-refractivity contribution in [1.82, 2.24) is 0 Å². The van der Waals surface area contributed by atoms with Crippen LogP contribution in [0.15, 0.2) is 66.7 Å². The predicted octanol–water partition coefficient (Wildman–Crippen LogP) is 4.10. The molecular weight excluding hydrogens is 504 g/mol. The fourth-order valence-electron chi connectivity index (χ4n) is 4.71. The zero-order valence-electron chi connectivity index (χ0n) is 22.5. The van der Waals surface area contributed by atoms with Crippen molar-refractivity contribution in [1.29, 1.82) is 0 Å². The number of aliphatic hydroxyl groups is 1. The van der Waals surface area contributed by atoms with E-state index in [0.717, 1.165) is 5.56 Å². The lowest BCUT2D eigenvalue weighted by Crippen LogP contribution is -2.45. The molecule has 1 N–H and O–H groups in total. The van der Waals surface area contributed by atoms with Gasteiger partial charge in [-0.05, 0) is 41.0 Å². The minimum Gasteiger partial charge on any atom is -0.493 e. The maximum absolute atomic E-state index is 13.2. The summed E-state index contributed by atoms with van der Waals surface area (Å²) in [4.78, 5) is 13.2. The third kappa shape index (κ3) is 6.27. The van der Waals surface area contributed by atoms with E-state index in [1.54, 1.807) is 50.6 Å². The van der Waals surface area contributed by atoms with Crippen molar-refractivity contribution >= 4 is 5.97 Å². The molecule has 0 amide bonds. The highest BCUT2D eigenvalue weighted by Crippen LogP contribution is 2.46. The first-order valence-corrected chi connectivity index (χ1v) is 12.5. The number of rotatable bonds is 13. The summed E-state index contributed by atoms with van der Waals surface area (Å²) in [6, 6.07) is 20.3. The fourth-order valence-corrected chi connectivity index (χ4v) is 4.71. The van der Waals surface area contributed by atoms with E-state index >= 15 is 0 Å². The van der Waals surface area contributed by atoms with E-state index < -0.39 is 23.6 Å². The van der Waals surface area contributed by atoms with Crippen LogP contribution in [0.25, 0.3) is 0 Å². The Balaban J connectivity index is 1.59. The second kappa shape index (κ2) is 12.8. The van der Waals surface area contributed by atoms with Crippen LogP contribution in [0.2, 0.25) is 0 Å². The molecule has 0 aliphatic carbocycles. The minimum atomic E-state index is -1.87. The summed E-state index contributed by atoms with van der Waals surface area (Å²) in [5.74, 6) is 0.579. The zero-order chi connectivity index (χ0) is 27.8. The van der Waals surface area contributed by atoms with Gasteiger partial charge in [0.15, 0.2) is 28.6 Å². The van der Waals surface area contributed by atoms with Crippen molar-refractivity contribution in [3.05, 3.63) is 83.4 Å². The van der Waals surface area contributed by atoms with Gasteiger partial charge in [0.05, 0.1) is 33.9 Å². The Hall–Kier alpha value is -3.79. The Morgan fingerprint density at radius 1 is 0.821 bits per heavy atom. The Labute approximate surface area is 228 Å². The molecule has 3 atom stereocenters. The molecule has 0 bridgehead atoms. The van der Waals surface area contributed by atoms with Gasteiger partial charge in [-0.25, -0.2) is 4.79 Å². The number of esters is 1. The second-order valence-corrected chi connectivity index (χ2v) is 9.18. The lowest BCUT2D eigenvalue weighted by Gasteiger charge is -2.28. The van der Waals surface area contributed by atoms with Crippen LogP contribution in [0, 0.1) is 5.92 Å². The normalized spacial score (nSPS) is 20.4. The number of carbonyl (C=O) groups excluding carboxylic acids is 1. The van der Waals surface area contributed by atoms with E-state index in [1.165, 1.54) is 14.2 Å². The van der Waals surface area contributed by atoms with Crippen molar-refractivity contribution in [2.24, 2.45) is 5.92 Å². The fraction of sp³-hybridized carbons (Fsp3) is 0.367. The summed E-state index contributed by atoms with van der Waals surface area (Å²) in [5.41, 5.74) is 0.461. The first-order chi connectivity index (χ1) is 18.9. The SMILES string of the molecule is COCOC[C@H]1[C@H](c2ccc(OC)c(OC)c2)OC(=O)[C@]1(O)Cc1ccc(OCc2ccccc2)c(OC)c1. The Morgan fingerprint density at radius 2 is 1.51 bits per heavy atom. The highest BCUT2D eigenvalue weighted by atomic mass is 16.7. The monoisotopic (exact) mass is 538 g/mol. The van der Waals surface area contributed by atoms with Gasteiger partial charge in [-0.1, -0.05) is 42.5 Å². The number of hydrogen-bond donors (Lipinski definition) is 1. The quantitative estimate of drug-likeness (QED) is 0.196. The van der Waals surface area contributed by atoms with Crippen LogP contribution in [-0.2, 0) is 32.0 Å². The van der Waals surface area contributed by atoms with Gasteiger partial charge in [-0.15, -0.1) is 0 Å². The summed E-state index contributed by atoms with van der Waals surface area (Å²) in [5, 5.41) is 11.8. The van der Waals surface area contributed by atoms with E-state index in [4.69, 9.17) is 33.2 Å². The molecule has 1 aliphatic heterocycles. The van der Waals surface area contributed by atoms with E-state index in [-0.39, 0.29) is 19.8 Å². The molecular formula is C30H34O9. The molecule has 39 heavy (non-hydrogen) atoms. The molecule has 3 aromatic rings. The minimum absolute atomic E-state index is 0.000692. The predicted molar refractivity (Wildman–Crippen MR) is 142 cm³/mol. The molecule has 9 nitrogen and oxygen atoms in total. The Bertz CT molecular complexity index is 1250. The Morgan fingerprint density at radius 3 is 2.21 bits per heavy atom. The number of cyclic esters (lactones) is 1. The van der Waals surface area contributed by atoms with E-state index in [0.29, 0.717) is 40.7 Å². The summed E-state index contributed by atoms with van der Waals surface area (Å²) < 4.78 is 38.7. The first-order valence-electron chi connectivity index (χ1n) is 12.5. The highest BCUT2D eigenvalue weighted by Gasteiger charge is 2.57. The number of hydrogen-bond acceptors (Lipinski definition) is 9. The lowest BCUT2D eigenvalue weighted by atomic mass is 9.80. The van der Waals surface area contributed by atoms with Gasteiger partial charge >= 0.3 is 5.97 Å². The molecule has 1 saturated heterocycles. The van der Waals surface area contributed by atoms with Crippen molar-refractivity contribution in [3.63, 3.8) is 0 Å². The van der Waals surface area contributed by atoms with Crippen LogP contribution in [0.3, 0.4) is 0 Å². The topological polar surface area (TPSA) is 102 Å². The zero-order valence-corrected chi connectivity index (χ0v) is 22.5. The van der Waals surface area contributed by atoms with Gasteiger partial charge in [0.25, 0.3) is 0 Å². The molecule has 1 aliphatic rings. The molecule has 0 spiro atoms. The standard InChI is InChI=1S/C30H34O9/c1-33-19-37-18-23-28(22-11-13-24(34-2)27(15-22)36-4)39-29(31)30(23,32)16-21-10-12-25(26(14-21)35-3)38-17-20-8-6-5-7-9-20/h5-15,23,28,32H,16-19H2,1-4H3/t23-,28-,30-/m0/s1. The summed E-state index contributed by atoms with van der Waals surface area (Å²) in [7, 11) is 6.11. The Kier molecular flexibility index (Phi) is 9.29. The van der Waals surface area contributed by atoms with Crippen LogP contribution >= 0.6 is 0 Å². The molecule has 4 rings (SSSR count). The average Bonchev–Trinajstić information content (AvgIpc) is 3.21. The third-order valence-electron chi connectivity index (χ3n) is 6.74. The van der Waals surface area contributed by atoms with Crippen LogP contribution in [0.5, 0.6) is 23.0 Å². The molecule has 0 saturated carbocycles. The lowest BCUT2D eigenvalue weighted by molar-refractivity contribution is -0.156. The molecule has 1 heterocycles. The summed E-state index contributed by atoms with van der Waals surface area (Å²) in [6.45, 7) is 0.393. The molecule has 0 aromatic heterocycles. The maximum Gasteiger partial charge on any atom is 0.339 e. The molecule has 0 unspecified atom stereocenters. The molecule has 1 fully saturated rings. The summed E-state index contributed by atoms with van der Waals surface area (Å²) >= 11 is 0. The largest absolute Gasteiger partial charge is 0.493 e. The van der Waals surface area contributed by atoms with Gasteiger partial charge in [-0.2, -0.15) is 0 Å². The molecule has 3 aromatic carbocycles. The number of ether oxygens (including phenoxy) is 7. The van der Waals surface area contributed by atoms with Crippen LogP contribution in [-0.4, -0.2) is 58.5 Å². The van der Waals surface area contributed by atoms with Crippen molar-refractivity contribution in [3.8, 4) is 23.0 Å². The van der Waals surface area contributed by atoms with Gasteiger partial charge in [0.1, 0.15) is 19.5 Å². The van der Waals surface area contributed by atoms with Crippen LogP contribution in [0.1, 0.15) is 22.8 Å². The number of methoxy groups -OCH3 is 4. The van der Waals surface area contributed by atoms with Gasteiger partial charge in [0.2, 0.25) is 0 Å². The van der Waals surface area contributed by atoms with Gasteiger partial charge < -0.3 is 38.3 Å². The van der Waals surface area contributed by atoms with E-state index in [9.17, 15) is 9.90 Å². The second-order valence-electron chi connectivity index (χ2n) is 9.18. The van der Waals surface area contributed by atoms with Crippen molar-refractivity contribution in [2.45, 2.75) is 24.7 Å². The van der Waals surface area contributed by atoms with Crippen molar-refractivity contribution < 1.29 is 43.1 Å². The maximum atomic E-state index is 13.2. The van der Waals surface area contributed by atoms with Crippen molar-refractivity contribution in [2.75, 3.05) is 41.8 Å². The molecule has 9 heteroatoms. The first kappa shape index (κ1) is 28.2. The van der Waals surface area contributed by atoms with E-state index in [1.807, 2.05) is 30.3 Å². The highest BCUT2D eigenvalue weighted by molar-refractivity contribution is 5.83. The average molecular weight is 539 g/mol. The van der Waals surface area contributed by atoms with Crippen LogP contribution < -0.4 is 18.9 Å². The van der Waals surface area contributed by atoms with Crippen LogP contribution in [0.4, 0.5) is 0 Å². The molecule has 0 radical (unpaired) electrons.